The van der Waals surface area contributed by atoms with E-state index in [4.69, 9.17) is 4.74 Å². The van der Waals surface area contributed by atoms with Crippen molar-refractivity contribution < 1.29 is 4.74 Å². The van der Waals surface area contributed by atoms with Crippen molar-refractivity contribution in [3.63, 3.8) is 0 Å². The van der Waals surface area contributed by atoms with Crippen LogP contribution >= 0.6 is 22.6 Å². The van der Waals surface area contributed by atoms with Crippen LogP contribution in [0, 0.1) is 3.57 Å². The van der Waals surface area contributed by atoms with E-state index in [-0.39, 0.29) is 0 Å². The first-order valence-corrected chi connectivity index (χ1v) is 18.6. The molecule has 1 nitrogen and oxygen atoms in total. The second-order valence-corrected chi connectivity index (χ2v) is 22.0. The summed E-state index contributed by atoms with van der Waals surface area (Å²) in [5.74, 6) is 0. The molecule has 0 amide bonds. The van der Waals surface area contributed by atoms with Crippen molar-refractivity contribution in [2.75, 3.05) is 6.61 Å². The Labute approximate surface area is 174 Å². The number of halogens is 1. The van der Waals surface area contributed by atoms with Gasteiger partial charge in [-0.25, -0.2) is 0 Å². The van der Waals surface area contributed by atoms with Crippen molar-refractivity contribution >= 4 is 41.0 Å². The van der Waals surface area contributed by atoms with Gasteiger partial charge in [0, 0.05) is 0 Å². The second kappa shape index (κ2) is 13.6. The van der Waals surface area contributed by atoms with E-state index in [0.29, 0.717) is 0 Å². The van der Waals surface area contributed by atoms with Crippen LogP contribution in [-0.2, 0) is 11.3 Å². The number of hydrogen-bond acceptors (Lipinski definition) is 1. The van der Waals surface area contributed by atoms with E-state index in [9.17, 15) is 0 Å². The molecule has 0 unspecified atom stereocenters. The summed E-state index contributed by atoms with van der Waals surface area (Å²) in [6.45, 7) is 13.1. The van der Waals surface area contributed by atoms with E-state index in [2.05, 4.69) is 74.2 Å². The van der Waals surface area contributed by atoms with Gasteiger partial charge in [0.25, 0.3) is 0 Å². The van der Waals surface area contributed by atoms with Gasteiger partial charge >= 0.3 is 175 Å². The normalized spacial score (nSPS) is 11.7. The Morgan fingerprint density at radius 1 is 0.960 bits per heavy atom. The van der Waals surface area contributed by atoms with E-state index in [1.807, 2.05) is 0 Å². The quantitative estimate of drug-likeness (QED) is 0.166. The zero-order chi connectivity index (χ0) is 18.5. The number of benzene rings is 1. The standard InChI is InChI=1S/C10H10IO.3C4H9.Sn/c1-2-7-12-8-9-5-3-4-6-10(9)11;3*1-3-4-2;/h3-6H,1,7-8H2;3*1,3-4H2,2H3;. The summed E-state index contributed by atoms with van der Waals surface area (Å²) < 4.78 is 13.4. The maximum absolute atomic E-state index is 6.16. The van der Waals surface area contributed by atoms with Crippen LogP contribution in [0.25, 0.3) is 0 Å². The molecule has 142 valence electrons. The number of rotatable bonds is 14. The van der Waals surface area contributed by atoms with Crippen molar-refractivity contribution in [3.05, 3.63) is 43.6 Å². The molecule has 0 fully saturated rings. The Morgan fingerprint density at radius 3 is 1.96 bits per heavy atom. The van der Waals surface area contributed by atoms with Crippen molar-refractivity contribution in [1.29, 1.82) is 0 Å². The van der Waals surface area contributed by atoms with Gasteiger partial charge in [-0.2, -0.15) is 0 Å². The predicted molar refractivity (Wildman–Crippen MR) is 123 cm³/mol. The fourth-order valence-corrected chi connectivity index (χ4v) is 19.2. The van der Waals surface area contributed by atoms with Gasteiger partial charge in [0.1, 0.15) is 0 Å². The van der Waals surface area contributed by atoms with Crippen LogP contribution in [0.5, 0.6) is 0 Å². The molecule has 1 aromatic rings. The summed E-state index contributed by atoms with van der Waals surface area (Å²) >= 11 is 0.0844. The van der Waals surface area contributed by atoms with Gasteiger partial charge in [0.2, 0.25) is 0 Å². The molecular formula is C22H37IOSn. The van der Waals surface area contributed by atoms with Gasteiger partial charge in [-0.05, 0) is 0 Å². The maximum atomic E-state index is 6.16. The monoisotopic (exact) mass is 564 g/mol. The third-order valence-electron chi connectivity index (χ3n) is 5.27. The Kier molecular flexibility index (Phi) is 12.8. The van der Waals surface area contributed by atoms with Gasteiger partial charge in [-0.1, -0.05) is 0 Å². The average molecular weight is 563 g/mol. The first-order valence-electron chi connectivity index (χ1n) is 10.1. The molecule has 25 heavy (non-hydrogen) atoms. The van der Waals surface area contributed by atoms with E-state index in [1.54, 1.807) is 0 Å². The second-order valence-electron chi connectivity index (χ2n) is 7.28. The van der Waals surface area contributed by atoms with Crippen LogP contribution in [0.2, 0.25) is 13.3 Å². The van der Waals surface area contributed by atoms with Crippen molar-refractivity contribution in [3.8, 4) is 0 Å². The molecule has 0 aliphatic rings. The molecule has 0 aliphatic carbocycles. The molecule has 0 bridgehead atoms. The van der Waals surface area contributed by atoms with E-state index in [1.165, 1.54) is 64.6 Å². The summed E-state index contributed by atoms with van der Waals surface area (Å²) in [4.78, 5) is 0. The molecule has 0 aliphatic heterocycles. The topological polar surface area (TPSA) is 9.23 Å². The summed E-state index contributed by atoms with van der Waals surface area (Å²) in [5.41, 5.74) is 1.30. The van der Waals surface area contributed by atoms with Crippen molar-refractivity contribution in [2.45, 2.75) is 79.2 Å². The Bertz CT molecular complexity index is 479. The van der Waals surface area contributed by atoms with Gasteiger partial charge in [0.05, 0.1) is 0 Å². The molecule has 1 rings (SSSR count). The van der Waals surface area contributed by atoms with Gasteiger partial charge in [-0.15, -0.1) is 0 Å². The summed E-state index contributed by atoms with van der Waals surface area (Å²) in [6.07, 6.45) is 8.10. The third kappa shape index (κ3) is 8.33. The number of unbranched alkanes of at least 4 members (excludes halogenated alkanes) is 3. The molecule has 0 heterocycles. The van der Waals surface area contributed by atoms with E-state index in [0.717, 1.165) is 13.2 Å². The van der Waals surface area contributed by atoms with Gasteiger partial charge < -0.3 is 0 Å². The fraction of sp³-hybridized carbons (Fsp3) is 0.636. The average Bonchev–Trinajstić information content (AvgIpc) is 2.63. The number of hydrogen-bond donors (Lipinski definition) is 0. The van der Waals surface area contributed by atoms with Crippen LogP contribution in [0.3, 0.4) is 0 Å². The summed E-state index contributed by atoms with van der Waals surface area (Å²) in [5, 5.41) is 0. The Hall–Kier alpha value is 0.449. The molecule has 3 heteroatoms. The fourth-order valence-electron chi connectivity index (χ4n) is 3.50. The molecule has 0 saturated heterocycles. The molecule has 0 N–H and O–H groups in total. The SMILES string of the molecule is C=[C](COCc1ccccc1I)[Sn]([CH2]CCC)([CH2]CCC)[CH2]CCC. The van der Waals surface area contributed by atoms with Crippen LogP contribution in [0.1, 0.15) is 64.9 Å². The Balaban J connectivity index is 2.72. The van der Waals surface area contributed by atoms with Crippen LogP contribution in [0.4, 0.5) is 0 Å². The van der Waals surface area contributed by atoms with Gasteiger partial charge in [0.15, 0.2) is 0 Å². The summed E-state index contributed by atoms with van der Waals surface area (Å²) in [6, 6.07) is 8.52. The van der Waals surface area contributed by atoms with E-state index < -0.39 is 18.4 Å². The first-order chi connectivity index (χ1) is 12.1. The molecule has 1 aromatic carbocycles. The molecule has 0 aromatic heterocycles. The van der Waals surface area contributed by atoms with Crippen molar-refractivity contribution in [1.82, 2.24) is 0 Å². The third-order valence-corrected chi connectivity index (χ3v) is 22.2. The molecule has 0 saturated carbocycles. The number of ether oxygens (including phenoxy) is 1. The van der Waals surface area contributed by atoms with E-state index >= 15 is 0 Å². The molecule has 0 atom stereocenters. The van der Waals surface area contributed by atoms with Crippen LogP contribution in [-0.4, -0.2) is 25.0 Å². The minimum absolute atomic E-state index is 0.718. The van der Waals surface area contributed by atoms with Crippen LogP contribution < -0.4 is 0 Å². The predicted octanol–water partition coefficient (Wildman–Crippen LogP) is 7.75. The molecule has 0 spiro atoms. The van der Waals surface area contributed by atoms with Crippen LogP contribution in [0.15, 0.2) is 34.4 Å². The molecule has 0 radical (unpaired) electrons. The van der Waals surface area contributed by atoms with Crippen molar-refractivity contribution in [2.24, 2.45) is 0 Å². The summed E-state index contributed by atoms with van der Waals surface area (Å²) in [7, 11) is 0. The zero-order valence-electron chi connectivity index (χ0n) is 16.6. The zero-order valence-corrected chi connectivity index (χ0v) is 21.6. The first kappa shape index (κ1) is 23.5. The van der Waals surface area contributed by atoms with Gasteiger partial charge in [-0.3, -0.25) is 0 Å². The molecular weight excluding hydrogens is 526 g/mol. The minimum atomic E-state index is -2.31. The Morgan fingerprint density at radius 2 is 1.48 bits per heavy atom.